The molecule has 3 aromatic rings. The molecule has 3 aliphatic heterocycles. The number of aliphatic hydroxyl groups excluding tert-OH is 1. The number of nitrogens with one attached hydrogen (secondary N) is 2. The van der Waals surface area contributed by atoms with Gasteiger partial charge in [-0.3, -0.25) is 14.6 Å². The van der Waals surface area contributed by atoms with E-state index in [9.17, 15) is 14.7 Å². The summed E-state index contributed by atoms with van der Waals surface area (Å²) in [6, 6.07) is 12.0. The van der Waals surface area contributed by atoms with Crippen LogP contribution in [0.25, 0.3) is 0 Å². The van der Waals surface area contributed by atoms with Crippen molar-refractivity contribution < 1.29 is 14.6 Å². The zero-order chi connectivity index (χ0) is 28.7. The first-order valence-electron chi connectivity index (χ1n) is 14.3. The summed E-state index contributed by atoms with van der Waals surface area (Å²) in [6.45, 7) is 6.96. The Morgan fingerprint density at radius 1 is 1.12 bits per heavy atom. The average molecular weight is 556 g/mol. The molecule has 1 aromatic heterocycles. The number of hydrogen-bond donors (Lipinski definition) is 3. The standard InChI is InChI=1S/C32H37N5O4/c1-19-4-5-29(20(2)12-19)41-18-24(38)16-34-26-6-9-33-31(39)30(26)28-14-21-13-25-22(15-27(21)35-28)17-37(32(25)40)23-7-10-36(3)11-8-23/h4-6,9,12-13,15,23-24,38H,7-8,10-11,14,16-18H2,1-3H3,(H2,33,34,39)/t24-/m1/s1. The molecule has 0 saturated carbocycles. The van der Waals surface area contributed by atoms with Gasteiger partial charge < -0.3 is 29.9 Å². The average Bonchev–Trinajstić information content (AvgIpc) is 3.50. The molecule has 214 valence electrons. The number of piperidine rings is 1. The molecule has 0 bridgehead atoms. The Kier molecular flexibility index (Phi) is 7.40. The fraction of sp³-hybridized carbons (Fsp3) is 0.406. The van der Waals surface area contributed by atoms with Crippen molar-refractivity contribution in [3.05, 3.63) is 86.3 Å². The summed E-state index contributed by atoms with van der Waals surface area (Å²) in [5.41, 5.74) is 7.14. The van der Waals surface area contributed by atoms with Gasteiger partial charge in [-0.1, -0.05) is 17.7 Å². The van der Waals surface area contributed by atoms with E-state index in [1.54, 1.807) is 12.3 Å². The van der Waals surface area contributed by atoms with Gasteiger partial charge in [0, 0.05) is 37.3 Å². The van der Waals surface area contributed by atoms with Crippen molar-refractivity contribution in [2.75, 3.05) is 38.6 Å². The lowest BCUT2D eigenvalue weighted by Crippen LogP contribution is -2.43. The van der Waals surface area contributed by atoms with Gasteiger partial charge in [-0.2, -0.15) is 0 Å². The Morgan fingerprint density at radius 2 is 1.93 bits per heavy atom. The number of aromatic nitrogens is 1. The molecule has 0 unspecified atom stereocenters. The molecule has 2 aromatic carbocycles. The number of fused-ring (bicyclic) bond motifs is 2. The minimum Gasteiger partial charge on any atom is -0.491 e. The van der Waals surface area contributed by atoms with Crippen LogP contribution in [0.4, 0.5) is 11.4 Å². The SMILES string of the molecule is Cc1ccc(OC[C@H](O)CNc2cc[nH]c(=O)c2C2=Nc3cc4c(cc3C2)C(=O)N(C2CCN(C)CC2)C4)c(C)c1. The summed E-state index contributed by atoms with van der Waals surface area (Å²) in [7, 11) is 2.12. The number of anilines is 1. The number of nitrogens with zero attached hydrogens (tertiary/aromatic N) is 3. The fourth-order valence-corrected chi connectivity index (χ4v) is 6.12. The van der Waals surface area contributed by atoms with Crippen LogP contribution in [0.3, 0.4) is 0 Å². The van der Waals surface area contributed by atoms with Crippen LogP contribution in [0.5, 0.6) is 5.75 Å². The van der Waals surface area contributed by atoms with E-state index < -0.39 is 6.10 Å². The van der Waals surface area contributed by atoms with E-state index in [1.807, 2.05) is 49.1 Å². The lowest BCUT2D eigenvalue weighted by atomic mass is 10.00. The monoisotopic (exact) mass is 555 g/mol. The minimum atomic E-state index is -0.785. The molecule has 1 saturated heterocycles. The number of carbonyl (C=O) groups is 1. The van der Waals surface area contributed by atoms with Crippen LogP contribution in [-0.2, 0) is 13.0 Å². The second-order valence-corrected chi connectivity index (χ2v) is 11.6. The van der Waals surface area contributed by atoms with Crippen molar-refractivity contribution in [3.8, 4) is 5.75 Å². The molecule has 6 rings (SSSR count). The van der Waals surface area contributed by atoms with Crippen molar-refractivity contribution in [2.45, 2.75) is 51.8 Å². The Morgan fingerprint density at radius 3 is 2.71 bits per heavy atom. The molecule has 3 aliphatic rings. The van der Waals surface area contributed by atoms with Gasteiger partial charge >= 0.3 is 0 Å². The van der Waals surface area contributed by atoms with Crippen LogP contribution in [0, 0.1) is 13.8 Å². The second kappa shape index (κ2) is 11.1. The number of aliphatic imine (C=N–C) groups is 1. The lowest BCUT2D eigenvalue weighted by Gasteiger charge is -2.34. The minimum absolute atomic E-state index is 0.0998. The number of aliphatic hydroxyl groups is 1. The highest BCUT2D eigenvalue weighted by Crippen LogP contribution is 2.37. The molecule has 1 fully saturated rings. The zero-order valence-corrected chi connectivity index (χ0v) is 23.9. The first kappa shape index (κ1) is 27.2. The van der Waals surface area contributed by atoms with Gasteiger partial charge in [0.15, 0.2) is 0 Å². The van der Waals surface area contributed by atoms with Gasteiger partial charge in [0.25, 0.3) is 11.5 Å². The number of H-pyrrole nitrogens is 1. The highest BCUT2D eigenvalue weighted by Gasteiger charge is 2.35. The highest BCUT2D eigenvalue weighted by atomic mass is 16.5. The second-order valence-electron chi connectivity index (χ2n) is 11.6. The maximum atomic E-state index is 13.3. The maximum absolute atomic E-state index is 13.3. The third-order valence-electron chi connectivity index (χ3n) is 8.42. The summed E-state index contributed by atoms with van der Waals surface area (Å²) >= 11 is 0. The third-order valence-corrected chi connectivity index (χ3v) is 8.42. The van der Waals surface area contributed by atoms with Crippen molar-refractivity contribution in [1.29, 1.82) is 0 Å². The lowest BCUT2D eigenvalue weighted by molar-refractivity contribution is 0.0617. The van der Waals surface area contributed by atoms with E-state index in [1.165, 1.54) is 0 Å². The molecular formula is C32H37N5O4. The number of likely N-dealkylation sites (tertiary alicyclic amines) is 1. The molecule has 9 nitrogen and oxygen atoms in total. The number of ether oxygens (including phenoxy) is 1. The van der Waals surface area contributed by atoms with Crippen LogP contribution in [-0.4, -0.2) is 76.9 Å². The predicted molar refractivity (Wildman–Crippen MR) is 160 cm³/mol. The Hall–Kier alpha value is -3.95. The van der Waals surface area contributed by atoms with Crippen LogP contribution in [0.15, 0.2) is 52.4 Å². The van der Waals surface area contributed by atoms with Gasteiger partial charge in [0.05, 0.1) is 22.6 Å². The number of aromatic amines is 1. The van der Waals surface area contributed by atoms with Crippen molar-refractivity contribution in [2.24, 2.45) is 4.99 Å². The number of amides is 1. The van der Waals surface area contributed by atoms with Gasteiger partial charge in [0.1, 0.15) is 18.5 Å². The topological polar surface area (TPSA) is 110 Å². The van der Waals surface area contributed by atoms with E-state index in [0.717, 1.165) is 65.2 Å². The largest absolute Gasteiger partial charge is 0.491 e. The third kappa shape index (κ3) is 5.52. The molecule has 1 amide bonds. The van der Waals surface area contributed by atoms with Crippen LogP contribution in [0.2, 0.25) is 0 Å². The number of pyridine rings is 1. The molecule has 4 heterocycles. The first-order valence-corrected chi connectivity index (χ1v) is 14.3. The number of rotatable bonds is 8. The fourth-order valence-electron chi connectivity index (χ4n) is 6.12. The number of hydrogen-bond acceptors (Lipinski definition) is 7. The summed E-state index contributed by atoms with van der Waals surface area (Å²) in [6.07, 6.45) is 3.26. The summed E-state index contributed by atoms with van der Waals surface area (Å²) in [5, 5.41) is 13.8. The highest BCUT2D eigenvalue weighted by molar-refractivity contribution is 6.10. The van der Waals surface area contributed by atoms with E-state index in [4.69, 9.17) is 9.73 Å². The molecule has 9 heteroatoms. The summed E-state index contributed by atoms with van der Waals surface area (Å²) in [4.78, 5) is 38.2. The Labute approximate surface area is 239 Å². The van der Waals surface area contributed by atoms with Crippen LogP contribution < -0.4 is 15.6 Å². The molecule has 41 heavy (non-hydrogen) atoms. The number of benzene rings is 2. The van der Waals surface area contributed by atoms with E-state index in [2.05, 4.69) is 22.2 Å². The van der Waals surface area contributed by atoms with Gasteiger partial charge in [-0.15, -0.1) is 0 Å². The molecular weight excluding hydrogens is 518 g/mol. The maximum Gasteiger partial charge on any atom is 0.259 e. The van der Waals surface area contributed by atoms with Crippen LogP contribution in [0.1, 0.15) is 51.0 Å². The van der Waals surface area contributed by atoms with E-state index in [-0.39, 0.29) is 30.7 Å². The Balaban J connectivity index is 1.14. The van der Waals surface area contributed by atoms with Crippen molar-refractivity contribution in [3.63, 3.8) is 0 Å². The van der Waals surface area contributed by atoms with Gasteiger partial charge in [-0.25, -0.2) is 0 Å². The van der Waals surface area contributed by atoms with Crippen LogP contribution >= 0.6 is 0 Å². The molecule has 1 atom stereocenters. The predicted octanol–water partition coefficient (Wildman–Crippen LogP) is 3.57. The van der Waals surface area contributed by atoms with Crippen molar-refractivity contribution in [1.82, 2.24) is 14.8 Å². The summed E-state index contributed by atoms with van der Waals surface area (Å²) in [5.74, 6) is 0.840. The Bertz CT molecular complexity index is 1570. The number of carbonyl (C=O) groups excluding carboxylic acids is 1. The van der Waals surface area contributed by atoms with Gasteiger partial charge in [-0.05, 0) is 87.8 Å². The molecule has 3 N–H and O–H groups in total. The van der Waals surface area contributed by atoms with E-state index >= 15 is 0 Å². The first-order chi connectivity index (χ1) is 19.8. The molecule has 0 radical (unpaired) electrons. The van der Waals surface area contributed by atoms with Gasteiger partial charge in [0.2, 0.25) is 0 Å². The molecule has 0 aliphatic carbocycles. The normalized spacial score (nSPS) is 17.8. The molecule has 0 spiro atoms. The smallest absolute Gasteiger partial charge is 0.259 e. The quantitative estimate of drug-likeness (QED) is 0.392. The van der Waals surface area contributed by atoms with E-state index in [0.29, 0.717) is 29.9 Å². The summed E-state index contributed by atoms with van der Waals surface area (Å²) < 4.78 is 5.82. The number of aryl methyl sites for hydroxylation is 2. The van der Waals surface area contributed by atoms with Crippen molar-refractivity contribution >= 4 is 23.0 Å². The zero-order valence-electron chi connectivity index (χ0n) is 23.9.